The van der Waals surface area contributed by atoms with Crippen molar-refractivity contribution in [2.24, 2.45) is 0 Å². The van der Waals surface area contributed by atoms with Crippen molar-refractivity contribution in [1.29, 1.82) is 0 Å². The summed E-state index contributed by atoms with van der Waals surface area (Å²) >= 11 is 15.2. The number of aliphatic hydroxyl groups excluding tert-OH is 1. The van der Waals surface area contributed by atoms with Crippen LogP contribution in [0.15, 0.2) is 46.9 Å². The maximum Gasteiger partial charge on any atom is 0.104 e. The summed E-state index contributed by atoms with van der Waals surface area (Å²) < 4.78 is 0.834. The Kier molecular flexibility index (Phi) is 4.10. The van der Waals surface area contributed by atoms with Gasteiger partial charge in [0.1, 0.15) is 6.10 Å². The zero-order valence-corrected chi connectivity index (χ0v) is 11.8. The lowest BCUT2D eigenvalue weighted by Gasteiger charge is -2.12. The quantitative estimate of drug-likeness (QED) is 0.835. The molecule has 0 fully saturated rings. The molecule has 0 bridgehead atoms. The summed E-state index contributed by atoms with van der Waals surface area (Å²) in [5.74, 6) is 0. The molecule has 2 rings (SSSR count). The Morgan fingerprint density at radius 2 is 1.65 bits per heavy atom. The third kappa shape index (κ3) is 3.23. The first-order chi connectivity index (χ1) is 8.06. The Morgan fingerprint density at radius 3 is 2.29 bits per heavy atom. The van der Waals surface area contributed by atoms with Crippen molar-refractivity contribution in [3.8, 4) is 0 Å². The Morgan fingerprint density at radius 1 is 0.941 bits per heavy atom. The van der Waals surface area contributed by atoms with Gasteiger partial charge in [0.05, 0.1) is 0 Å². The molecule has 2 aromatic carbocycles. The first-order valence-electron chi connectivity index (χ1n) is 4.96. The highest BCUT2D eigenvalue weighted by Crippen LogP contribution is 2.28. The van der Waals surface area contributed by atoms with Crippen molar-refractivity contribution in [3.63, 3.8) is 0 Å². The summed E-state index contributed by atoms with van der Waals surface area (Å²) in [6, 6.07) is 12.5. The fraction of sp³-hybridized carbons (Fsp3) is 0.0769. The summed E-state index contributed by atoms with van der Waals surface area (Å²) in [4.78, 5) is 0. The van der Waals surface area contributed by atoms with Crippen LogP contribution in [0.25, 0.3) is 0 Å². The lowest BCUT2D eigenvalue weighted by atomic mass is 10.0. The summed E-state index contributed by atoms with van der Waals surface area (Å²) in [5.41, 5.74) is 1.47. The highest BCUT2D eigenvalue weighted by Gasteiger charge is 2.12. The first-order valence-corrected chi connectivity index (χ1v) is 6.50. The molecule has 0 amide bonds. The highest BCUT2D eigenvalue weighted by atomic mass is 79.9. The summed E-state index contributed by atoms with van der Waals surface area (Å²) in [5, 5.41) is 11.4. The van der Waals surface area contributed by atoms with Crippen molar-refractivity contribution >= 4 is 39.1 Å². The smallest absolute Gasteiger partial charge is 0.104 e. The molecule has 0 spiro atoms. The predicted octanol–water partition coefficient (Wildman–Crippen LogP) is 4.84. The topological polar surface area (TPSA) is 20.2 Å². The van der Waals surface area contributed by atoms with Crippen molar-refractivity contribution in [3.05, 3.63) is 68.1 Å². The largest absolute Gasteiger partial charge is 0.384 e. The Balaban J connectivity index is 2.39. The van der Waals surface area contributed by atoms with Gasteiger partial charge in [-0.1, -0.05) is 51.3 Å². The maximum atomic E-state index is 10.2. The van der Waals surface area contributed by atoms with Gasteiger partial charge in [-0.3, -0.25) is 0 Å². The molecule has 0 saturated heterocycles. The fourth-order valence-corrected chi connectivity index (χ4v) is 2.69. The second kappa shape index (κ2) is 5.40. The van der Waals surface area contributed by atoms with Crippen LogP contribution in [0.4, 0.5) is 0 Å². The van der Waals surface area contributed by atoms with E-state index >= 15 is 0 Å². The molecule has 17 heavy (non-hydrogen) atoms. The first kappa shape index (κ1) is 12.9. The van der Waals surface area contributed by atoms with E-state index in [2.05, 4.69) is 15.9 Å². The maximum absolute atomic E-state index is 10.2. The second-order valence-electron chi connectivity index (χ2n) is 3.66. The Labute approximate surface area is 118 Å². The molecule has 0 saturated carbocycles. The number of hydrogen-bond donors (Lipinski definition) is 1. The van der Waals surface area contributed by atoms with E-state index in [1.807, 2.05) is 12.1 Å². The molecule has 0 aliphatic carbocycles. The van der Waals surface area contributed by atoms with Gasteiger partial charge in [-0.2, -0.15) is 0 Å². The molecule has 1 atom stereocenters. The van der Waals surface area contributed by atoms with Gasteiger partial charge in [-0.05, 0) is 41.5 Å². The predicted molar refractivity (Wildman–Crippen MR) is 74.7 cm³/mol. The van der Waals surface area contributed by atoms with Crippen LogP contribution in [0.5, 0.6) is 0 Å². The average Bonchev–Trinajstić information content (AvgIpc) is 2.26. The summed E-state index contributed by atoms with van der Waals surface area (Å²) in [7, 11) is 0. The van der Waals surface area contributed by atoms with E-state index in [1.165, 1.54) is 0 Å². The molecule has 0 radical (unpaired) electrons. The van der Waals surface area contributed by atoms with Gasteiger partial charge in [0, 0.05) is 14.5 Å². The minimum absolute atomic E-state index is 0.579. The van der Waals surface area contributed by atoms with Crippen LogP contribution in [-0.2, 0) is 0 Å². The van der Waals surface area contributed by atoms with Crippen LogP contribution < -0.4 is 0 Å². The SMILES string of the molecule is OC(c1cccc(Cl)c1)c1cc(Cl)cc(Br)c1. The molecule has 1 N–H and O–H groups in total. The molecule has 1 nitrogen and oxygen atoms in total. The molecular weight excluding hydrogens is 323 g/mol. The van der Waals surface area contributed by atoms with Gasteiger partial charge in [-0.15, -0.1) is 0 Å². The van der Waals surface area contributed by atoms with E-state index in [0.29, 0.717) is 10.0 Å². The van der Waals surface area contributed by atoms with Gasteiger partial charge >= 0.3 is 0 Å². The van der Waals surface area contributed by atoms with Crippen molar-refractivity contribution in [2.45, 2.75) is 6.10 Å². The van der Waals surface area contributed by atoms with Gasteiger partial charge in [0.2, 0.25) is 0 Å². The Bertz CT molecular complexity index is 522. The van der Waals surface area contributed by atoms with Crippen LogP contribution in [0.1, 0.15) is 17.2 Å². The molecule has 0 aromatic heterocycles. The van der Waals surface area contributed by atoms with E-state index in [9.17, 15) is 5.11 Å². The minimum atomic E-state index is -0.733. The van der Waals surface area contributed by atoms with Gasteiger partial charge in [-0.25, -0.2) is 0 Å². The van der Waals surface area contributed by atoms with E-state index in [4.69, 9.17) is 23.2 Å². The molecule has 0 aliphatic heterocycles. The molecule has 1 unspecified atom stereocenters. The number of halogens is 3. The molecule has 0 heterocycles. The summed E-state index contributed by atoms with van der Waals surface area (Å²) in [6.45, 7) is 0. The number of benzene rings is 2. The molecule has 0 aliphatic rings. The van der Waals surface area contributed by atoms with Gasteiger partial charge in [0.25, 0.3) is 0 Å². The zero-order chi connectivity index (χ0) is 12.4. The van der Waals surface area contributed by atoms with Crippen LogP contribution in [0.3, 0.4) is 0 Å². The van der Waals surface area contributed by atoms with Crippen molar-refractivity contribution in [1.82, 2.24) is 0 Å². The lowest BCUT2D eigenvalue weighted by Crippen LogP contribution is -1.99. The lowest BCUT2D eigenvalue weighted by molar-refractivity contribution is 0.220. The fourth-order valence-electron chi connectivity index (χ4n) is 1.60. The van der Waals surface area contributed by atoms with Crippen LogP contribution in [-0.4, -0.2) is 5.11 Å². The number of rotatable bonds is 2. The van der Waals surface area contributed by atoms with E-state index < -0.39 is 6.10 Å². The normalized spacial score (nSPS) is 12.5. The zero-order valence-electron chi connectivity index (χ0n) is 8.70. The summed E-state index contributed by atoms with van der Waals surface area (Å²) in [6.07, 6.45) is -0.733. The molecule has 4 heteroatoms. The number of aliphatic hydroxyl groups is 1. The molecule has 88 valence electrons. The van der Waals surface area contributed by atoms with E-state index in [1.54, 1.807) is 30.3 Å². The number of hydrogen-bond acceptors (Lipinski definition) is 1. The standard InChI is InChI=1S/C13H9BrCl2O/c14-10-4-9(6-12(16)7-10)13(17)8-2-1-3-11(15)5-8/h1-7,13,17H. The Hall–Kier alpha value is -0.540. The van der Waals surface area contributed by atoms with Crippen LogP contribution in [0, 0.1) is 0 Å². The third-order valence-electron chi connectivity index (χ3n) is 2.37. The van der Waals surface area contributed by atoms with Gasteiger partial charge < -0.3 is 5.11 Å². The van der Waals surface area contributed by atoms with Crippen LogP contribution in [0.2, 0.25) is 10.0 Å². The molecule has 2 aromatic rings. The van der Waals surface area contributed by atoms with Crippen molar-refractivity contribution in [2.75, 3.05) is 0 Å². The van der Waals surface area contributed by atoms with Crippen LogP contribution >= 0.6 is 39.1 Å². The second-order valence-corrected chi connectivity index (χ2v) is 5.45. The monoisotopic (exact) mass is 330 g/mol. The molecular formula is C13H9BrCl2O. The van der Waals surface area contributed by atoms with E-state index in [0.717, 1.165) is 15.6 Å². The van der Waals surface area contributed by atoms with Gasteiger partial charge in [0.15, 0.2) is 0 Å². The highest BCUT2D eigenvalue weighted by molar-refractivity contribution is 9.10. The average molecular weight is 332 g/mol. The third-order valence-corrected chi connectivity index (χ3v) is 3.28. The van der Waals surface area contributed by atoms with E-state index in [-0.39, 0.29) is 0 Å². The van der Waals surface area contributed by atoms with Crippen molar-refractivity contribution < 1.29 is 5.11 Å². The minimum Gasteiger partial charge on any atom is -0.384 e.